The van der Waals surface area contributed by atoms with Crippen molar-refractivity contribution in [3.8, 4) is 5.75 Å². The maximum atomic E-state index is 11.0. The Hall–Kier alpha value is -1.33. The average Bonchev–Trinajstić information content (AvgIpc) is 2.46. The van der Waals surface area contributed by atoms with E-state index < -0.39 is 4.92 Å². The molecule has 0 aromatic heterocycles. The number of nitrogens with two attached hydrogens (primary N) is 1. The van der Waals surface area contributed by atoms with Crippen molar-refractivity contribution in [3.05, 3.63) is 33.9 Å². The normalized spacial score (nSPS) is 17.1. The van der Waals surface area contributed by atoms with E-state index in [9.17, 15) is 10.1 Å². The van der Waals surface area contributed by atoms with Crippen LogP contribution in [0, 0.1) is 16.0 Å². The minimum Gasteiger partial charge on any atom is -0.490 e. The molecule has 0 aliphatic heterocycles. The molecule has 5 nitrogen and oxygen atoms in total. The minimum atomic E-state index is -0.421. The number of benzene rings is 1. The fourth-order valence-corrected chi connectivity index (χ4v) is 2.82. The number of nitro benzene ring substituents is 1. The topological polar surface area (TPSA) is 78.4 Å². The van der Waals surface area contributed by atoms with Crippen LogP contribution in [-0.2, 0) is 0 Å². The van der Waals surface area contributed by atoms with E-state index in [2.05, 4.69) is 0 Å². The second-order valence-electron chi connectivity index (χ2n) is 5.11. The molecule has 0 spiro atoms. The van der Waals surface area contributed by atoms with Gasteiger partial charge in [0.25, 0.3) is 0 Å². The summed E-state index contributed by atoms with van der Waals surface area (Å²) in [4.78, 5) is 10.6. The summed E-state index contributed by atoms with van der Waals surface area (Å²) < 4.78 is 5.00. The van der Waals surface area contributed by atoms with Crippen LogP contribution in [0.5, 0.6) is 5.75 Å². The van der Waals surface area contributed by atoms with Gasteiger partial charge in [0, 0.05) is 12.1 Å². The van der Waals surface area contributed by atoms with Crippen LogP contribution in [-0.4, -0.2) is 12.0 Å². The number of hydrogen-bond donors (Lipinski definition) is 1. The Morgan fingerprint density at radius 1 is 1.35 bits per heavy atom. The molecule has 20 heavy (non-hydrogen) atoms. The highest BCUT2D eigenvalue weighted by atomic mass is 35.5. The summed E-state index contributed by atoms with van der Waals surface area (Å²) in [5, 5.41) is 11.0. The fraction of sp³-hybridized carbons (Fsp3) is 0.571. The molecule has 1 saturated carbocycles. The second-order valence-corrected chi connectivity index (χ2v) is 5.11. The fourth-order valence-electron chi connectivity index (χ4n) is 2.82. The van der Waals surface area contributed by atoms with Gasteiger partial charge in [0.05, 0.1) is 12.0 Å². The molecule has 2 rings (SSSR count). The molecule has 1 aromatic carbocycles. The molecule has 1 aliphatic carbocycles. The Morgan fingerprint density at radius 3 is 2.55 bits per heavy atom. The third-order valence-electron chi connectivity index (χ3n) is 3.94. The van der Waals surface area contributed by atoms with Gasteiger partial charge in [-0.15, -0.1) is 12.4 Å². The molecule has 1 aromatic rings. The standard InChI is InChI=1S/C14H20N2O3.ClH/c1-19-13-8-7-11(9-12(13)16(17)18)14(15)10-5-3-2-4-6-10;/h7-10,14H,2-6,15H2,1H3;1H/t14-;/m0./s1. The molecule has 2 N–H and O–H groups in total. The van der Waals surface area contributed by atoms with Gasteiger partial charge in [-0.2, -0.15) is 0 Å². The molecule has 0 saturated heterocycles. The zero-order valence-corrected chi connectivity index (χ0v) is 12.4. The molecule has 112 valence electrons. The highest BCUT2D eigenvalue weighted by molar-refractivity contribution is 5.85. The Labute approximate surface area is 125 Å². The van der Waals surface area contributed by atoms with Crippen molar-refractivity contribution < 1.29 is 9.66 Å². The van der Waals surface area contributed by atoms with Gasteiger partial charge in [0.1, 0.15) is 0 Å². The smallest absolute Gasteiger partial charge is 0.311 e. The first kappa shape index (κ1) is 16.7. The summed E-state index contributed by atoms with van der Waals surface area (Å²) in [6.07, 6.45) is 5.90. The van der Waals surface area contributed by atoms with Crippen LogP contribution in [0.25, 0.3) is 0 Å². The Bertz CT molecular complexity index is 462. The molecule has 1 fully saturated rings. The molecular formula is C14H21ClN2O3. The van der Waals surface area contributed by atoms with Crippen molar-refractivity contribution in [2.24, 2.45) is 11.7 Å². The number of ether oxygens (including phenoxy) is 1. The number of rotatable bonds is 4. The molecule has 0 heterocycles. The second kappa shape index (κ2) is 7.45. The summed E-state index contributed by atoms with van der Waals surface area (Å²) in [5.74, 6) is 0.714. The van der Waals surface area contributed by atoms with Gasteiger partial charge < -0.3 is 10.5 Å². The van der Waals surface area contributed by atoms with E-state index in [1.54, 1.807) is 12.1 Å². The largest absolute Gasteiger partial charge is 0.490 e. The lowest BCUT2D eigenvalue weighted by Gasteiger charge is -2.27. The molecule has 6 heteroatoms. The third-order valence-corrected chi connectivity index (χ3v) is 3.94. The number of nitrogens with zero attached hydrogens (tertiary/aromatic N) is 1. The lowest BCUT2D eigenvalue weighted by Crippen LogP contribution is -2.23. The zero-order chi connectivity index (χ0) is 13.8. The first-order valence-electron chi connectivity index (χ1n) is 6.71. The molecule has 0 radical (unpaired) electrons. The van der Waals surface area contributed by atoms with Gasteiger partial charge in [-0.1, -0.05) is 25.3 Å². The summed E-state index contributed by atoms with van der Waals surface area (Å²) in [7, 11) is 1.43. The lowest BCUT2D eigenvalue weighted by molar-refractivity contribution is -0.385. The van der Waals surface area contributed by atoms with Crippen molar-refractivity contribution in [1.29, 1.82) is 0 Å². The van der Waals surface area contributed by atoms with Crippen LogP contribution >= 0.6 is 12.4 Å². The predicted octanol–water partition coefficient (Wildman–Crippen LogP) is 3.61. The molecule has 1 atom stereocenters. The third kappa shape index (κ3) is 3.61. The van der Waals surface area contributed by atoms with Crippen molar-refractivity contribution in [2.75, 3.05) is 7.11 Å². The van der Waals surface area contributed by atoms with Gasteiger partial charge in [0.15, 0.2) is 5.75 Å². The maximum Gasteiger partial charge on any atom is 0.311 e. The Balaban J connectivity index is 0.00000200. The molecule has 0 amide bonds. The van der Waals surface area contributed by atoms with Crippen molar-refractivity contribution in [3.63, 3.8) is 0 Å². The molecule has 0 unspecified atom stereocenters. The van der Waals surface area contributed by atoms with E-state index in [-0.39, 0.29) is 29.9 Å². The number of hydrogen-bond acceptors (Lipinski definition) is 4. The van der Waals surface area contributed by atoms with Crippen molar-refractivity contribution >= 4 is 18.1 Å². The van der Waals surface area contributed by atoms with Crippen LogP contribution in [0.4, 0.5) is 5.69 Å². The minimum absolute atomic E-state index is 0. The van der Waals surface area contributed by atoms with E-state index in [0.29, 0.717) is 5.92 Å². The van der Waals surface area contributed by atoms with Gasteiger partial charge in [-0.25, -0.2) is 0 Å². The van der Waals surface area contributed by atoms with Gasteiger partial charge in [-0.3, -0.25) is 10.1 Å². The van der Waals surface area contributed by atoms with Crippen LogP contribution in [0.3, 0.4) is 0 Å². The van der Waals surface area contributed by atoms with Crippen LogP contribution in [0.1, 0.15) is 43.7 Å². The van der Waals surface area contributed by atoms with Gasteiger partial charge in [-0.05, 0) is 30.4 Å². The van der Waals surface area contributed by atoms with E-state index in [4.69, 9.17) is 10.5 Å². The maximum absolute atomic E-state index is 11.0. The van der Waals surface area contributed by atoms with E-state index >= 15 is 0 Å². The summed E-state index contributed by atoms with van der Waals surface area (Å²) in [6, 6.07) is 4.91. The van der Waals surface area contributed by atoms with Gasteiger partial charge in [0.2, 0.25) is 0 Å². The number of nitro groups is 1. The molecule has 0 bridgehead atoms. The first-order chi connectivity index (χ1) is 9.13. The van der Waals surface area contributed by atoms with Crippen molar-refractivity contribution in [2.45, 2.75) is 38.1 Å². The quantitative estimate of drug-likeness (QED) is 0.680. The number of halogens is 1. The van der Waals surface area contributed by atoms with Crippen LogP contribution in [0.2, 0.25) is 0 Å². The zero-order valence-electron chi connectivity index (χ0n) is 11.6. The lowest BCUT2D eigenvalue weighted by atomic mass is 9.81. The monoisotopic (exact) mass is 300 g/mol. The van der Waals surface area contributed by atoms with E-state index in [0.717, 1.165) is 18.4 Å². The first-order valence-corrected chi connectivity index (χ1v) is 6.71. The highest BCUT2D eigenvalue weighted by Gasteiger charge is 2.24. The summed E-state index contributed by atoms with van der Waals surface area (Å²) >= 11 is 0. The molecule has 1 aliphatic rings. The van der Waals surface area contributed by atoms with Crippen LogP contribution < -0.4 is 10.5 Å². The summed E-state index contributed by atoms with van der Waals surface area (Å²) in [5.41, 5.74) is 7.09. The van der Waals surface area contributed by atoms with Gasteiger partial charge >= 0.3 is 5.69 Å². The average molecular weight is 301 g/mol. The predicted molar refractivity (Wildman–Crippen MR) is 80.4 cm³/mol. The van der Waals surface area contributed by atoms with Crippen molar-refractivity contribution in [1.82, 2.24) is 0 Å². The Morgan fingerprint density at radius 2 is 2.00 bits per heavy atom. The van der Waals surface area contributed by atoms with E-state index in [1.165, 1.54) is 26.4 Å². The Kier molecular flexibility index (Phi) is 6.23. The van der Waals surface area contributed by atoms with Crippen LogP contribution in [0.15, 0.2) is 18.2 Å². The highest BCUT2D eigenvalue weighted by Crippen LogP contribution is 2.36. The molecular weight excluding hydrogens is 280 g/mol. The van der Waals surface area contributed by atoms with E-state index in [1.807, 2.05) is 6.07 Å². The summed E-state index contributed by atoms with van der Waals surface area (Å²) in [6.45, 7) is 0. The SMILES string of the molecule is COc1ccc([C@@H](N)C2CCCCC2)cc1[N+](=O)[O-].Cl. The number of methoxy groups -OCH3 is 1.